The third-order valence-corrected chi connectivity index (χ3v) is 6.26. The van der Waals surface area contributed by atoms with Crippen molar-refractivity contribution in [3.8, 4) is 22.6 Å². The molecule has 1 aromatic carbocycles. The number of nitrogens with zero attached hydrogens (tertiary/aromatic N) is 4. The van der Waals surface area contributed by atoms with Gasteiger partial charge in [-0.15, -0.1) is 0 Å². The summed E-state index contributed by atoms with van der Waals surface area (Å²) >= 11 is 0. The number of primary amides is 1. The van der Waals surface area contributed by atoms with Crippen molar-refractivity contribution < 1.29 is 4.79 Å². The zero-order chi connectivity index (χ0) is 19.5. The van der Waals surface area contributed by atoms with Crippen LogP contribution in [0.15, 0.2) is 54.9 Å². The molecule has 29 heavy (non-hydrogen) atoms. The lowest BCUT2D eigenvalue weighted by molar-refractivity contribution is 0.100. The molecule has 1 fully saturated rings. The van der Waals surface area contributed by atoms with Crippen LogP contribution in [0.2, 0.25) is 0 Å². The number of carbonyl (C=O) groups is 1. The van der Waals surface area contributed by atoms with Crippen molar-refractivity contribution in [2.24, 2.45) is 5.73 Å². The van der Waals surface area contributed by atoms with E-state index in [0.717, 1.165) is 33.5 Å². The van der Waals surface area contributed by atoms with Gasteiger partial charge in [0.1, 0.15) is 11.5 Å². The highest BCUT2D eigenvalue weighted by Gasteiger charge is 2.41. The Hall–Kier alpha value is -3.54. The summed E-state index contributed by atoms with van der Waals surface area (Å²) in [4.78, 5) is 26.0. The zero-order valence-electron chi connectivity index (χ0n) is 15.7. The molecule has 0 radical (unpaired) electrons. The summed E-state index contributed by atoms with van der Waals surface area (Å²) in [5.74, 6) is 1.25. The minimum atomic E-state index is -0.447. The van der Waals surface area contributed by atoms with Gasteiger partial charge in [0.2, 0.25) is 5.91 Å². The number of benzene rings is 1. The van der Waals surface area contributed by atoms with Gasteiger partial charge in [0.15, 0.2) is 0 Å². The normalized spacial score (nSPS) is 19.6. The number of carbonyl (C=O) groups excluding carboxylic acids is 1. The van der Waals surface area contributed by atoms with Crippen LogP contribution < -0.4 is 5.73 Å². The lowest BCUT2D eigenvalue weighted by Crippen LogP contribution is -2.12. The first kappa shape index (κ1) is 16.4. The van der Waals surface area contributed by atoms with Crippen molar-refractivity contribution in [3.63, 3.8) is 0 Å². The number of aromatic nitrogens is 4. The molecule has 6 nitrogen and oxygen atoms in total. The molecular weight excluding hydrogens is 362 g/mol. The van der Waals surface area contributed by atoms with Gasteiger partial charge in [0.05, 0.1) is 22.5 Å². The number of hydrogen-bond acceptors (Lipinski definition) is 4. The van der Waals surface area contributed by atoms with Gasteiger partial charge in [-0.05, 0) is 49.6 Å². The van der Waals surface area contributed by atoms with Crippen LogP contribution in [-0.4, -0.2) is 25.4 Å². The fourth-order valence-electron chi connectivity index (χ4n) is 5.00. The standard InChI is InChI=1S/C23H19N5O/c24-22(29)16-8-10-26-18-7-5-13(12-17(16)18)21-20(19-3-1-2-9-25-19)27-23-14-4-6-15(11-14)28(21)23/h1-3,5,7-10,12,14-15H,4,6,11H2,(H2,24,29)/t14-,15+/m1/s1. The van der Waals surface area contributed by atoms with E-state index in [-0.39, 0.29) is 0 Å². The van der Waals surface area contributed by atoms with Crippen LogP contribution in [-0.2, 0) is 0 Å². The van der Waals surface area contributed by atoms with Crippen LogP contribution >= 0.6 is 0 Å². The van der Waals surface area contributed by atoms with Gasteiger partial charge in [-0.1, -0.05) is 12.1 Å². The molecule has 1 aliphatic carbocycles. The van der Waals surface area contributed by atoms with Gasteiger partial charge >= 0.3 is 0 Å². The van der Waals surface area contributed by atoms with Crippen LogP contribution in [0, 0.1) is 0 Å². The van der Waals surface area contributed by atoms with E-state index in [4.69, 9.17) is 10.7 Å². The van der Waals surface area contributed by atoms with Crippen LogP contribution in [0.1, 0.15) is 47.4 Å². The van der Waals surface area contributed by atoms with E-state index >= 15 is 0 Å². The molecule has 6 rings (SSSR count). The highest BCUT2D eigenvalue weighted by Crippen LogP contribution is 2.52. The molecule has 1 amide bonds. The first-order valence-electron chi connectivity index (χ1n) is 9.93. The van der Waals surface area contributed by atoms with Crippen molar-refractivity contribution in [2.75, 3.05) is 0 Å². The molecule has 1 saturated carbocycles. The maximum Gasteiger partial charge on any atom is 0.249 e. The minimum absolute atomic E-state index is 0.447. The summed E-state index contributed by atoms with van der Waals surface area (Å²) in [5.41, 5.74) is 10.7. The van der Waals surface area contributed by atoms with E-state index < -0.39 is 5.91 Å². The van der Waals surface area contributed by atoms with Gasteiger partial charge in [0.25, 0.3) is 0 Å². The van der Waals surface area contributed by atoms with E-state index in [0.29, 0.717) is 17.5 Å². The van der Waals surface area contributed by atoms with E-state index in [1.165, 1.54) is 25.1 Å². The maximum atomic E-state index is 12.0. The Morgan fingerprint density at radius 1 is 1.07 bits per heavy atom. The van der Waals surface area contributed by atoms with Crippen molar-refractivity contribution in [2.45, 2.75) is 31.2 Å². The van der Waals surface area contributed by atoms with E-state index in [1.54, 1.807) is 18.5 Å². The van der Waals surface area contributed by atoms with Gasteiger partial charge in [-0.25, -0.2) is 4.98 Å². The number of nitrogens with two attached hydrogens (primary N) is 1. The molecule has 142 valence electrons. The average Bonchev–Trinajstić information content (AvgIpc) is 3.46. The summed E-state index contributed by atoms with van der Waals surface area (Å²) in [5, 5.41) is 0.767. The van der Waals surface area contributed by atoms with Crippen molar-refractivity contribution in [1.82, 2.24) is 19.5 Å². The Balaban J connectivity index is 1.64. The molecule has 0 unspecified atom stereocenters. The Bertz CT molecular complexity index is 1280. The SMILES string of the molecule is NC(=O)c1ccnc2ccc(-c3c(-c4ccccn4)nc4n3[C@H]3CC[C@@H]4C3)cc12. The van der Waals surface area contributed by atoms with Crippen LogP contribution in [0.5, 0.6) is 0 Å². The summed E-state index contributed by atoms with van der Waals surface area (Å²) in [6.07, 6.45) is 6.98. The van der Waals surface area contributed by atoms with Crippen molar-refractivity contribution in [1.29, 1.82) is 0 Å². The largest absolute Gasteiger partial charge is 0.366 e. The molecule has 0 saturated heterocycles. The Kier molecular flexibility index (Phi) is 3.38. The minimum Gasteiger partial charge on any atom is -0.366 e. The summed E-state index contributed by atoms with van der Waals surface area (Å²) in [7, 11) is 0. The fraction of sp³-hybridized carbons (Fsp3) is 0.217. The Labute approximate surface area is 167 Å². The summed E-state index contributed by atoms with van der Waals surface area (Å²) < 4.78 is 2.40. The van der Waals surface area contributed by atoms with Gasteiger partial charge < -0.3 is 10.3 Å². The second-order valence-electron chi connectivity index (χ2n) is 7.87. The lowest BCUT2D eigenvalue weighted by atomic mass is 10.0. The maximum absolute atomic E-state index is 12.0. The van der Waals surface area contributed by atoms with Crippen LogP contribution in [0.3, 0.4) is 0 Å². The quantitative estimate of drug-likeness (QED) is 0.579. The molecule has 4 heterocycles. The van der Waals surface area contributed by atoms with Gasteiger partial charge in [-0.2, -0.15) is 0 Å². The molecule has 2 atom stereocenters. The fourth-order valence-corrected chi connectivity index (χ4v) is 5.00. The van der Waals surface area contributed by atoms with Gasteiger partial charge in [0, 0.05) is 35.3 Å². The second-order valence-corrected chi connectivity index (χ2v) is 7.87. The molecule has 4 aromatic rings. The molecule has 6 heteroatoms. The number of hydrogen-bond donors (Lipinski definition) is 1. The molecule has 2 N–H and O–H groups in total. The van der Waals surface area contributed by atoms with Gasteiger partial charge in [-0.3, -0.25) is 14.8 Å². The third kappa shape index (κ3) is 2.35. The molecule has 1 aliphatic heterocycles. The topological polar surface area (TPSA) is 86.7 Å². The summed E-state index contributed by atoms with van der Waals surface area (Å²) in [6, 6.07) is 14.1. The Morgan fingerprint density at radius 2 is 2.00 bits per heavy atom. The monoisotopic (exact) mass is 381 g/mol. The number of pyridine rings is 2. The molecule has 2 bridgehead atoms. The first-order chi connectivity index (χ1) is 14.2. The highest BCUT2D eigenvalue weighted by atomic mass is 16.1. The summed E-state index contributed by atoms with van der Waals surface area (Å²) in [6.45, 7) is 0. The smallest absolute Gasteiger partial charge is 0.249 e. The second kappa shape index (κ2) is 5.98. The predicted molar refractivity (Wildman–Crippen MR) is 110 cm³/mol. The van der Waals surface area contributed by atoms with E-state index in [1.807, 2.05) is 30.3 Å². The van der Waals surface area contributed by atoms with E-state index in [2.05, 4.69) is 20.6 Å². The zero-order valence-corrected chi connectivity index (χ0v) is 15.7. The predicted octanol–water partition coefficient (Wildman–Crippen LogP) is 4.08. The molecular formula is C23H19N5O. The van der Waals surface area contributed by atoms with E-state index in [9.17, 15) is 4.79 Å². The number of fused-ring (bicyclic) bond motifs is 6. The molecule has 2 aliphatic rings. The third-order valence-electron chi connectivity index (χ3n) is 6.26. The average molecular weight is 381 g/mol. The molecule has 3 aromatic heterocycles. The lowest BCUT2D eigenvalue weighted by Gasteiger charge is -2.17. The number of amides is 1. The van der Waals surface area contributed by atoms with Crippen LogP contribution in [0.25, 0.3) is 33.5 Å². The first-order valence-corrected chi connectivity index (χ1v) is 9.93. The number of rotatable bonds is 3. The van der Waals surface area contributed by atoms with Crippen molar-refractivity contribution in [3.05, 3.63) is 66.2 Å². The highest BCUT2D eigenvalue weighted by molar-refractivity contribution is 6.06. The van der Waals surface area contributed by atoms with Crippen molar-refractivity contribution >= 4 is 16.8 Å². The number of imidazole rings is 1. The molecule has 0 spiro atoms. The van der Waals surface area contributed by atoms with Crippen LogP contribution in [0.4, 0.5) is 0 Å². The Morgan fingerprint density at radius 3 is 2.83 bits per heavy atom.